The number of halogens is 3. The summed E-state index contributed by atoms with van der Waals surface area (Å²) in [6.07, 6.45) is -5.48. The summed E-state index contributed by atoms with van der Waals surface area (Å²) in [4.78, 5) is 47.6. The largest absolute Gasteiger partial charge is 0.490 e. The summed E-state index contributed by atoms with van der Waals surface area (Å²) in [6, 6.07) is 6.18. The summed E-state index contributed by atoms with van der Waals surface area (Å²) >= 11 is 0. The molecule has 0 aliphatic carbocycles. The molecule has 1 aromatic carbocycles. The molecule has 1 unspecified atom stereocenters. The molecule has 13 heteroatoms. The average molecular weight is 494 g/mol. The fraction of sp³-hybridized carbons (Fsp3) is 0.455. The third-order valence-electron chi connectivity index (χ3n) is 6.23. The van der Waals surface area contributed by atoms with Crippen molar-refractivity contribution in [2.24, 2.45) is 0 Å². The lowest BCUT2D eigenvalue weighted by molar-refractivity contribution is -0.198. The smallest absolute Gasteiger partial charge is 0.451 e. The number of rotatable bonds is 5. The number of hydrogen-bond acceptors (Lipinski definition) is 8. The summed E-state index contributed by atoms with van der Waals surface area (Å²) in [7, 11) is 3.46. The van der Waals surface area contributed by atoms with Gasteiger partial charge in [-0.05, 0) is 19.1 Å². The topological polar surface area (TPSA) is 100 Å². The summed E-state index contributed by atoms with van der Waals surface area (Å²) in [5.74, 6) is -2.74. The van der Waals surface area contributed by atoms with Crippen molar-refractivity contribution in [1.82, 2.24) is 19.8 Å². The number of fused-ring (bicyclic) bond motifs is 1. The van der Waals surface area contributed by atoms with Gasteiger partial charge in [-0.2, -0.15) is 18.2 Å². The molecule has 2 aliphatic heterocycles. The van der Waals surface area contributed by atoms with Gasteiger partial charge >= 0.3 is 12.1 Å². The number of ketones is 1. The van der Waals surface area contributed by atoms with Gasteiger partial charge in [0.2, 0.25) is 11.7 Å². The zero-order chi connectivity index (χ0) is 25.5. The summed E-state index contributed by atoms with van der Waals surface area (Å²) in [5.41, 5.74) is 0.484. The van der Waals surface area contributed by atoms with Gasteiger partial charge in [-0.1, -0.05) is 12.1 Å². The zero-order valence-corrected chi connectivity index (χ0v) is 19.4. The molecule has 35 heavy (non-hydrogen) atoms. The first-order valence-electron chi connectivity index (χ1n) is 11.0. The van der Waals surface area contributed by atoms with Crippen molar-refractivity contribution < 1.29 is 32.3 Å². The molecule has 1 fully saturated rings. The van der Waals surface area contributed by atoms with Crippen molar-refractivity contribution in [2.75, 3.05) is 56.7 Å². The molecule has 3 heterocycles. The van der Waals surface area contributed by atoms with E-state index in [1.54, 1.807) is 36.9 Å². The van der Waals surface area contributed by atoms with Gasteiger partial charge in [-0.25, -0.2) is 4.79 Å². The number of esters is 1. The van der Waals surface area contributed by atoms with E-state index in [9.17, 15) is 27.6 Å². The van der Waals surface area contributed by atoms with Crippen LogP contribution >= 0.6 is 0 Å². The molecular formula is C22H25F3N6O4. The lowest BCUT2D eigenvalue weighted by Gasteiger charge is -2.37. The van der Waals surface area contributed by atoms with Crippen molar-refractivity contribution >= 4 is 29.4 Å². The molecule has 1 N–H and O–H groups in total. The van der Waals surface area contributed by atoms with E-state index in [1.807, 2.05) is 16.7 Å². The maximum absolute atomic E-state index is 13.4. The first-order chi connectivity index (χ1) is 16.5. The Morgan fingerprint density at radius 2 is 1.80 bits per heavy atom. The Morgan fingerprint density at radius 3 is 2.46 bits per heavy atom. The van der Waals surface area contributed by atoms with Crippen LogP contribution in [0, 0.1) is 0 Å². The molecule has 1 atom stereocenters. The van der Waals surface area contributed by atoms with Gasteiger partial charge in [0.1, 0.15) is 6.17 Å². The minimum Gasteiger partial charge on any atom is -0.451 e. The molecule has 1 saturated heterocycles. The van der Waals surface area contributed by atoms with Crippen LogP contribution in [-0.2, 0) is 9.53 Å². The Balaban J connectivity index is 1.83. The fourth-order valence-corrected chi connectivity index (χ4v) is 4.11. The molecule has 0 radical (unpaired) electrons. The van der Waals surface area contributed by atoms with Gasteiger partial charge < -0.3 is 24.8 Å². The van der Waals surface area contributed by atoms with Gasteiger partial charge in [0.05, 0.1) is 5.69 Å². The normalized spacial score (nSPS) is 18.5. The Labute approximate surface area is 199 Å². The Morgan fingerprint density at radius 1 is 1.14 bits per heavy atom. The van der Waals surface area contributed by atoms with E-state index < -0.39 is 24.5 Å². The molecule has 2 aliphatic rings. The van der Waals surface area contributed by atoms with Crippen LogP contribution in [0.4, 0.5) is 24.9 Å². The van der Waals surface area contributed by atoms with Gasteiger partial charge in [-0.3, -0.25) is 14.2 Å². The second-order valence-electron chi connectivity index (χ2n) is 8.33. The summed E-state index contributed by atoms with van der Waals surface area (Å²) in [5, 5.41) is 3.25. The highest BCUT2D eigenvalue weighted by Crippen LogP contribution is 2.36. The highest BCUT2D eigenvalue weighted by atomic mass is 19.4. The zero-order valence-electron chi connectivity index (χ0n) is 19.4. The van der Waals surface area contributed by atoms with Gasteiger partial charge in [-0.15, -0.1) is 0 Å². The number of piperazine rings is 1. The number of Topliss-reactive ketones (excluding diaryl/α,β-unsaturated/α-hetero) is 1. The third-order valence-corrected chi connectivity index (χ3v) is 6.23. The minimum absolute atomic E-state index is 0.00390. The van der Waals surface area contributed by atoms with E-state index in [1.165, 1.54) is 11.0 Å². The maximum atomic E-state index is 13.4. The lowest BCUT2D eigenvalue weighted by atomic mass is 10.1. The first kappa shape index (κ1) is 24.5. The number of carbonyl (C=O) groups excluding carboxylic acids is 3. The second-order valence-corrected chi connectivity index (χ2v) is 8.33. The van der Waals surface area contributed by atoms with E-state index >= 15 is 0 Å². The SMILES string of the molecule is CC1N(C)C(=O)c2c(nc(N3CCNCC3)n2-c2ccccc2C(=O)COC(=O)C(F)(F)F)N1C. The van der Waals surface area contributed by atoms with Crippen LogP contribution in [0.5, 0.6) is 0 Å². The molecule has 0 bridgehead atoms. The molecule has 10 nitrogen and oxygen atoms in total. The van der Waals surface area contributed by atoms with Crippen LogP contribution in [0.15, 0.2) is 24.3 Å². The van der Waals surface area contributed by atoms with Crippen LogP contribution in [0.3, 0.4) is 0 Å². The summed E-state index contributed by atoms with van der Waals surface area (Å²) in [6.45, 7) is 3.32. The fourth-order valence-electron chi connectivity index (χ4n) is 4.11. The second kappa shape index (κ2) is 9.21. The number of para-hydroxylation sites is 1. The number of nitrogens with one attached hydrogen (secondary N) is 1. The van der Waals surface area contributed by atoms with E-state index in [0.717, 1.165) is 0 Å². The average Bonchev–Trinajstić information content (AvgIpc) is 3.25. The van der Waals surface area contributed by atoms with Crippen molar-refractivity contribution in [3.8, 4) is 5.69 Å². The van der Waals surface area contributed by atoms with Crippen LogP contribution in [0.2, 0.25) is 0 Å². The molecule has 2 aromatic rings. The Hall–Kier alpha value is -3.61. The van der Waals surface area contributed by atoms with Gasteiger partial charge in [0.25, 0.3) is 5.91 Å². The van der Waals surface area contributed by atoms with Crippen LogP contribution in [0.1, 0.15) is 27.8 Å². The molecular weight excluding hydrogens is 469 g/mol. The number of amides is 1. The number of imidazole rings is 1. The lowest BCUT2D eigenvalue weighted by Crippen LogP contribution is -2.50. The quantitative estimate of drug-likeness (QED) is 0.493. The van der Waals surface area contributed by atoms with Gasteiger partial charge in [0.15, 0.2) is 18.1 Å². The predicted molar refractivity (Wildman–Crippen MR) is 120 cm³/mol. The maximum Gasteiger partial charge on any atom is 0.490 e. The number of ether oxygens (including phenoxy) is 1. The van der Waals surface area contributed by atoms with Gasteiger partial charge in [0, 0.05) is 45.8 Å². The Bertz CT molecular complexity index is 1160. The molecule has 0 spiro atoms. The number of anilines is 2. The number of benzene rings is 1. The Kier molecular flexibility index (Phi) is 6.45. The van der Waals surface area contributed by atoms with Crippen LogP contribution < -0.4 is 15.1 Å². The standard InChI is InChI=1S/C22H25F3N6O4/c1-13-28(2)18-17(19(33)29(13)3)31(21(27-18)30-10-8-26-9-11-30)15-7-5-4-6-14(15)16(32)12-35-20(34)22(23,24)25/h4-7,13,26H,8-12H2,1-3H3. The van der Waals surface area contributed by atoms with Crippen molar-refractivity contribution in [3.63, 3.8) is 0 Å². The number of carbonyl (C=O) groups is 3. The highest BCUT2D eigenvalue weighted by molar-refractivity contribution is 6.04. The van der Waals surface area contributed by atoms with E-state index in [2.05, 4.69) is 10.1 Å². The number of aromatic nitrogens is 2. The minimum atomic E-state index is -5.21. The van der Waals surface area contributed by atoms with Crippen molar-refractivity contribution in [3.05, 3.63) is 35.5 Å². The third kappa shape index (κ3) is 4.43. The highest BCUT2D eigenvalue weighted by Gasteiger charge is 2.42. The monoisotopic (exact) mass is 494 g/mol. The summed E-state index contributed by atoms with van der Waals surface area (Å²) < 4.78 is 43.4. The van der Waals surface area contributed by atoms with Crippen molar-refractivity contribution in [1.29, 1.82) is 0 Å². The first-order valence-corrected chi connectivity index (χ1v) is 11.0. The molecule has 188 valence electrons. The molecule has 4 rings (SSSR count). The van der Waals surface area contributed by atoms with Crippen molar-refractivity contribution in [2.45, 2.75) is 19.3 Å². The van der Waals surface area contributed by atoms with E-state index in [4.69, 9.17) is 4.98 Å². The van der Waals surface area contributed by atoms with Crippen LogP contribution in [-0.4, -0.2) is 91.3 Å². The molecule has 1 amide bonds. The number of alkyl halides is 3. The van der Waals surface area contributed by atoms with Crippen LogP contribution in [0.25, 0.3) is 5.69 Å². The number of hydrogen-bond donors (Lipinski definition) is 1. The molecule has 1 aromatic heterocycles. The predicted octanol–water partition coefficient (Wildman–Crippen LogP) is 1.44. The molecule has 0 saturated carbocycles. The van der Waals surface area contributed by atoms with E-state index in [-0.39, 0.29) is 29.0 Å². The number of nitrogens with zero attached hydrogens (tertiary/aromatic N) is 5. The van der Waals surface area contributed by atoms with E-state index in [0.29, 0.717) is 37.9 Å².